The van der Waals surface area contributed by atoms with Crippen molar-refractivity contribution in [2.24, 2.45) is 0 Å². The fourth-order valence-corrected chi connectivity index (χ4v) is 2.61. The summed E-state index contributed by atoms with van der Waals surface area (Å²) in [6.07, 6.45) is 2.98. The first-order valence-corrected chi connectivity index (χ1v) is 6.60. The molecule has 100 valence electrons. The number of urea groups is 1. The van der Waals surface area contributed by atoms with Crippen LogP contribution in [0.2, 0.25) is 0 Å². The first-order chi connectivity index (χ1) is 8.61. The Hall–Kier alpha value is -1.32. The van der Waals surface area contributed by atoms with E-state index in [2.05, 4.69) is 6.58 Å². The van der Waals surface area contributed by atoms with Gasteiger partial charge in [0.2, 0.25) is 0 Å². The molecular formula is C14H21FN2O. The van der Waals surface area contributed by atoms with Gasteiger partial charge in [0.05, 0.1) is 0 Å². The van der Waals surface area contributed by atoms with E-state index < -0.39 is 6.17 Å². The molecule has 0 radical (unpaired) electrons. The quantitative estimate of drug-likeness (QED) is 0.704. The molecule has 0 aromatic heterocycles. The lowest BCUT2D eigenvalue weighted by molar-refractivity contribution is 0.123. The lowest BCUT2D eigenvalue weighted by atomic mass is 10.0. The molecule has 0 aromatic carbocycles. The average Bonchev–Trinajstić information content (AvgIpc) is 2.38. The van der Waals surface area contributed by atoms with Gasteiger partial charge in [-0.2, -0.15) is 0 Å². The van der Waals surface area contributed by atoms with Crippen LogP contribution in [0.1, 0.15) is 26.2 Å². The molecule has 3 nitrogen and oxygen atoms in total. The molecule has 1 fully saturated rings. The molecule has 0 unspecified atom stereocenters. The summed E-state index contributed by atoms with van der Waals surface area (Å²) in [5.74, 6) is 0. The molecule has 4 heteroatoms. The predicted octanol–water partition coefficient (Wildman–Crippen LogP) is 2.75. The van der Waals surface area contributed by atoms with Crippen LogP contribution in [0.15, 0.2) is 23.8 Å². The smallest absolute Gasteiger partial charge is 0.320 e. The fraction of sp³-hybridized carbons (Fsp3) is 0.643. The predicted molar refractivity (Wildman–Crippen MR) is 70.2 cm³/mol. The molecular weight excluding hydrogens is 231 g/mol. The van der Waals surface area contributed by atoms with Crippen LogP contribution in [0.25, 0.3) is 0 Å². The van der Waals surface area contributed by atoms with Gasteiger partial charge in [-0.25, -0.2) is 9.18 Å². The number of allylic oxidation sites excluding steroid dienone is 1. The van der Waals surface area contributed by atoms with Crippen LogP contribution in [-0.4, -0.2) is 48.2 Å². The van der Waals surface area contributed by atoms with E-state index in [1.54, 1.807) is 4.90 Å². The monoisotopic (exact) mass is 252 g/mol. The maximum atomic E-state index is 13.1. The van der Waals surface area contributed by atoms with Gasteiger partial charge in [0.1, 0.15) is 6.17 Å². The van der Waals surface area contributed by atoms with Crippen molar-refractivity contribution in [3.8, 4) is 0 Å². The van der Waals surface area contributed by atoms with Crippen LogP contribution in [0.3, 0.4) is 0 Å². The van der Waals surface area contributed by atoms with Gasteiger partial charge in [-0.3, -0.25) is 0 Å². The number of hydrogen-bond donors (Lipinski definition) is 0. The Morgan fingerprint density at radius 3 is 2.56 bits per heavy atom. The van der Waals surface area contributed by atoms with Crippen LogP contribution in [0.5, 0.6) is 0 Å². The highest BCUT2D eigenvalue weighted by Gasteiger charge is 2.27. The third-order valence-corrected chi connectivity index (χ3v) is 3.84. The number of nitrogens with zero attached hydrogens (tertiary/aromatic N) is 2. The summed E-state index contributed by atoms with van der Waals surface area (Å²) >= 11 is 0. The minimum atomic E-state index is -0.732. The van der Waals surface area contributed by atoms with Crippen molar-refractivity contribution < 1.29 is 9.18 Å². The third-order valence-electron chi connectivity index (χ3n) is 3.84. The fourth-order valence-electron chi connectivity index (χ4n) is 2.61. The van der Waals surface area contributed by atoms with Gasteiger partial charge in [0, 0.05) is 26.2 Å². The zero-order chi connectivity index (χ0) is 13.1. The van der Waals surface area contributed by atoms with Gasteiger partial charge in [0.15, 0.2) is 0 Å². The molecule has 2 heterocycles. The summed E-state index contributed by atoms with van der Waals surface area (Å²) in [4.78, 5) is 15.9. The van der Waals surface area contributed by atoms with Crippen LogP contribution in [-0.2, 0) is 0 Å². The Labute approximate surface area is 108 Å². The van der Waals surface area contributed by atoms with E-state index in [-0.39, 0.29) is 6.03 Å². The Balaban J connectivity index is 1.95. The van der Waals surface area contributed by atoms with Crippen molar-refractivity contribution in [1.82, 2.24) is 9.80 Å². The molecule has 2 aliphatic rings. The topological polar surface area (TPSA) is 23.6 Å². The molecule has 18 heavy (non-hydrogen) atoms. The van der Waals surface area contributed by atoms with Crippen molar-refractivity contribution in [3.05, 3.63) is 23.8 Å². The molecule has 0 bridgehead atoms. The maximum absolute atomic E-state index is 13.1. The SMILES string of the molecule is C=CC1=C(C)CN(C(=O)N2CCC(F)CC2)CC1. The summed E-state index contributed by atoms with van der Waals surface area (Å²) in [6, 6.07) is 0.0596. The number of hydrogen-bond acceptors (Lipinski definition) is 1. The van der Waals surface area contributed by atoms with E-state index >= 15 is 0 Å². The maximum Gasteiger partial charge on any atom is 0.320 e. The Bertz CT molecular complexity index is 370. The van der Waals surface area contributed by atoms with Crippen LogP contribution in [0, 0.1) is 0 Å². The van der Waals surface area contributed by atoms with Gasteiger partial charge < -0.3 is 9.80 Å². The highest BCUT2D eigenvalue weighted by Crippen LogP contribution is 2.21. The standard InChI is InChI=1S/C14H21FN2O/c1-3-12-4-7-17(10-11(12)2)14(18)16-8-5-13(15)6-9-16/h3,13H,1,4-10H2,2H3. The average molecular weight is 252 g/mol. The number of likely N-dealkylation sites (tertiary alicyclic amines) is 1. The molecule has 1 saturated heterocycles. The van der Waals surface area contributed by atoms with Crippen molar-refractivity contribution in [1.29, 1.82) is 0 Å². The van der Waals surface area contributed by atoms with E-state index in [9.17, 15) is 9.18 Å². The van der Waals surface area contributed by atoms with E-state index in [0.29, 0.717) is 32.5 Å². The van der Waals surface area contributed by atoms with Gasteiger partial charge >= 0.3 is 6.03 Å². The third kappa shape index (κ3) is 2.74. The lowest BCUT2D eigenvalue weighted by Crippen LogP contribution is -2.48. The molecule has 0 aromatic rings. The zero-order valence-electron chi connectivity index (χ0n) is 11.0. The van der Waals surface area contributed by atoms with Crippen molar-refractivity contribution in [3.63, 3.8) is 0 Å². The number of alkyl halides is 1. The van der Waals surface area contributed by atoms with Crippen molar-refractivity contribution >= 4 is 6.03 Å². The number of piperidine rings is 1. The van der Waals surface area contributed by atoms with Crippen molar-refractivity contribution in [2.45, 2.75) is 32.4 Å². The lowest BCUT2D eigenvalue weighted by Gasteiger charge is -2.36. The Morgan fingerprint density at radius 1 is 1.33 bits per heavy atom. The molecule has 2 rings (SSSR count). The Morgan fingerprint density at radius 2 is 2.00 bits per heavy atom. The van der Waals surface area contributed by atoms with E-state index in [4.69, 9.17) is 0 Å². The second kappa shape index (κ2) is 5.55. The summed E-state index contributed by atoms with van der Waals surface area (Å²) in [5.41, 5.74) is 2.46. The summed E-state index contributed by atoms with van der Waals surface area (Å²) in [7, 11) is 0. The number of carbonyl (C=O) groups is 1. The number of halogens is 1. The van der Waals surface area contributed by atoms with Crippen LogP contribution < -0.4 is 0 Å². The largest absolute Gasteiger partial charge is 0.324 e. The molecule has 2 aliphatic heterocycles. The molecule has 0 saturated carbocycles. The van der Waals surface area contributed by atoms with Gasteiger partial charge in [0.25, 0.3) is 0 Å². The first kappa shape index (κ1) is 13.1. The molecule has 2 amide bonds. The van der Waals surface area contributed by atoms with Crippen molar-refractivity contribution in [2.75, 3.05) is 26.2 Å². The van der Waals surface area contributed by atoms with Gasteiger partial charge in [-0.1, -0.05) is 18.2 Å². The second-order valence-corrected chi connectivity index (χ2v) is 5.13. The molecule has 0 atom stereocenters. The highest BCUT2D eigenvalue weighted by atomic mass is 19.1. The summed E-state index contributed by atoms with van der Waals surface area (Å²) < 4.78 is 13.1. The van der Waals surface area contributed by atoms with Crippen LogP contribution >= 0.6 is 0 Å². The Kier molecular flexibility index (Phi) is 4.04. The van der Waals surface area contributed by atoms with Gasteiger partial charge in [-0.15, -0.1) is 0 Å². The second-order valence-electron chi connectivity index (χ2n) is 5.13. The van der Waals surface area contributed by atoms with E-state index in [1.165, 1.54) is 11.1 Å². The van der Waals surface area contributed by atoms with E-state index in [1.807, 2.05) is 17.9 Å². The molecule has 0 aliphatic carbocycles. The van der Waals surface area contributed by atoms with E-state index in [0.717, 1.165) is 13.0 Å². The number of carbonyl (C=O) groups excluding carboxylic acids is 1. The highest BCUT2D eigenvalue weighted by molar-refractivity contribution is 5.75. The van der Waals surface area contributed by atoms with Crippen LogP contribution in [0.4, 0.5) is 9.18 Å². The zero-order valence-corrected chi connectivity index (χ0v) is 11.0. The summed E-state index contributed by atoms with van der Waals surface area (Å²) in [6.45, 7) is 8.35. The first-order valence-electron chi connectivity index (χ1n) is 6.60. The summed E-state index contributed by atoms with van der Waals surface area (Å²) in [5, 5.41) is 0. The number of amides is 2. The molecule has 0 spiro atoms. The van der Waals surface area contributed by atoms with Gasteiger partial charge in [-0.05, 0) is 31.8 Å². The minimum absolute atomic E-state index is 0.0596. The molecule has 0 N–H and O–H groups in total. The normalized spacial score (nSPS) is 22.3. The number of rotatable bonds is 1. The minimum Gasteiger partial charge on any atom is -0.324 e.